The van der Waals surface area contributed by atoms with Gasteiger partial charge in [0.1, 0.15) is 0 Å². The van der Waals surface area contributed by atoms with E-state index < -0.39 is 6.10 Å². The number of carbonyl (C=O) groups excluding carboxylic acids is 1. The molecule has 0 fully saturated rings. The van der Waals surface area contributed by atoms with Gasteiger partial charge in [0, 0.05) is 6.54 Å². The number of carbonyl (C=O) groups is 1. The molecule has 1 amide bonds. The highest BCUT2D eigenvalue weighted by molar-refractivity contribution is 6.33. The molecule has 0 aliphatic carbocycles. The first-order valence-corrected chi connectivity index (χ1v) is 6.73. The van der Waals surface area contributed by atoms with Crippen LogP contribution in [-0.4, -0.2) is 17.6 Å². The summed E-state index contributed by atoms with van der Waals surface area (Å²) in [6.07, 6.45) is -0.734. The third-order valence-corrected chi connectivity index (χ3v) is 3.37. The number of hydrogen-bond acceptors (Lipinski definition) is 2. The van der Waals surface area contributed by atoms with Crippen molar-refractivity contribution in [2.24, 2.45) is 0 Å². The first kappa shape index (κ1) is 14.6. The molecule has 104 valence electrons. The van der Waals surface area contributed by atoms with E-state index in [0.29, 0.717) is 10.6 Å². The second kappa shape index (κ2) is 6.55. The first-order chi connectivity index (χ1) is 9.58. The topological polar surface area (TPSA) is 49.3 Å². The molecule has 2 aromatic rings. The third-order valence-electron chi connectivity index (χ3n) is 3.04. The maximum atomic E-state index is 11.9. The van der Waals surface area contributed by atoms with Crippen LogP contribution in [0.15, 0.2) is 48.5 Å². The molecule has 20 heavy (non-hydrogen) atoms. The number of hydrogen-bond donors (Lipinski definition) is 2. The molecule has 0 aromatic heterocycles. The molecule has 0 saturated carbocycles. The van der Waals surface area contributed by atoms with Gasteiger partial charge in [0.05, 0.1) is 16.7 Å². The molecule has 0 spiro atoms. The van der Waals surface area contributed by atoms with Crippen molar-refractivity contribution >= 4 is 17.5 Å². The number of rotatable bonds is 4. The van der Waals surface area contributed by atoms with Gasteiger partial charge in [0.15, 0.2) is 0 Å². The Morgan fingerprint density at radius 1 is 1.20 bits per heavy atom. The lowest BCUT2D eigenvalue weighted by Gasteiger charge is -2.13. The van der Waals surface area contributed by atoms with Crippen LogP contribution in [0.3, 0.4) is 0 Å². The second-order valence-corrected chi connectivity index (χ2v) is 5.02. The first-order valence-electron chi connectivity index (χ1n) is 6.35. The van der Waals surface area contributed by atoms with E-state index >= 15 is 0 Å². The maximum Gasteiger partial charge on any atom is 0.252 e. The largest absolute Gasteiger partial charge is 0.387 e. The number of nitrogens with one attached hydrogen (secondary N) is 1. The fourth-order valence-corrected chi connectivity index (χ4v) is 2.06. The molecular formula is C16H16ClNO2. The molecule has 3 nitrogen and oxygen atoms in total. The minimum atomic E-state index is -0.734. The minimum Gasteiger partial charge on any atom is -0.387 e. The summed E-state index contributed by atoms with van der Waals surface area (Å²) >= 11 is 5.95. The van der Waals surface area contributed by atoms with Gasteiger partial charge in [-0.15, -0.1) is 0 Å². The minimum absolute atomic E-state index is 0.146. The monoisotopic (exact) mass is 289 g/mol. The predicted molar refractivity (Wildman–Crippen MR) is 79.9 cm³/mol. The van der Waals surface area contributed by atoms with Crippen molar-refractivity contribution in [3.8, 4) is 0 Å². The van der Waals surface area contributed by atoms with Crippen LogP contribution in [-0.2, 0) is 0 Å². The van der Waals surface area contributed by atoms with Gasteiger partial charge in [0.25, 0.3) is 5.91 Å². The van der Waals surface area contributed by atoms with Gasteiger partial charge in [-0.1, -0.05) is 53.6 Å². The van der Waals surface area contributed by atoms with Gasteiger partial charge >= 0.3 is 0 Å². The number of amides is 1. The van der Waals surface area contributed by atoms with Gasteiger partial charge in [-0.05, 0) is 24.6 Å². The normalized spacial score (nSPS) is 11.9. The molecule has 0 aliphatic rings. The highest BCUT2D eigenvalue weighted by atomic mass is 35.5. The van der Waals surface area contributed by atoms with Crippen molar-refractivity contribution in [2.75, 3.05) is 6.54 Å². The fraction of sp³-hybridized carbons (Fsp3) is 0.188. The second-order valence-electron chi connectivity index (χ2n) is 4.62. The number of aliphatic hydroxyl groups excluding tert-OH is 1. The molecule has 4 heteroatoms. The van der Waals surface area contributed by atoms with E-state index in [9.17, 15) is 9.90 Å². The van der Waals surface area contributed by atoms with Crippen LogP contribution in [0.5, 0.6) is 0 Å². The van der Waals surface area contributed by atoms with Gasteiger partial charge in [-0.2, -0.15) is 0 Å². The smallest absolute Gasteiger partial charge is 0.252 e. The molecule has 0 heterocycles. The molecule has 2 aromatic carbocycles. The zero-order valence-corrected chi connectivity index (χ0v) is 11.9. The molecule has 2 N–H and O–H groups in total. The Morgan fingerprint density at radius 2 is 1.85 bits per heavy atom. The lowest BCUT2D eigenvalue weighted by Crippen LogP contribution is -2.28. The average molecular weight is 290 g/mol. The van der Waals surface area contributed by atoms with Crippen LogP contribution in [0.2, 0.25) is 5.02 Å². The highest BCUT2D eigenvalue weighted by Crippen LogP contribution is 2.16. The average Bonchev–Trinajstić information content (AvgIpc) is 2.45. The van der Waals surface area contributed by atoms with Crippen LogP contribution in [0, 0.1) is 6.92 Å². The molecule has 0 saturated heterocycles. The summed E-state index contributed by atoms with van der Waals surface area (Å²) in [5, 5.41) is 13.1. The SMILES string of the molecule is Cc1ccc(C(O)CNC(=O)c2ccccc2Cl)cc1. The van der Waals surface area contributed by atoms with E-state index in [0.717, 1.165) is 11.1 Å². The Labute approximate surface area is 123 Å². The summed E-state index contributed by atoms with van der Waals surface area (Å²) in [6.45, 7) is 2.13. The predicted octanol–water partition coefficient (Wildman–Crippen LogP) is 3.11. The Hall–Kier alpha value is -1.84. The van der Waals surface area contributed by atoms with E-state index in [2.05, 4.69) is 5.32 Å². The lowest BCUT2D eigenvalue weighted by atomic mass is 10.1. The number of aryl methyl sites for hydroxylation is 1. The summed E-state index contributed by atoms with van der Waals surface area (Å²) < 4.78 is 0. The summed E-state index contributed by atoms with van der Waals surface area (Å²) in [7, 11) is 0. The summed E-state index contributed by atoms with van der Waals surface area (Å²) in [4.78, 5) is 11.9. The van der Waals surface area contributed by atoms with Crippen LogP contribution >= 0.6 is 11.6 Å². The van der Waals surface area contributed by atoms with Crippen LogP contribution in [0.1, 0.15) is 27.6 Å². The highest BCUT2D eigenvalue weighted by Gasteiger charge is 2.12. The van der Waals surface area contributed by atoms with Crippen molar-refractivity contribution in [1.82, 2.24) is 5.32 Å². The Morgan fingerprint density at radius 3 is 2.50 bits per heavy atom. The maximum absolute atomic E-state index is 11.9. The van der Waals surface area contributed by atoms with Crippen molar-refractivity contribution < 1.29 is 9.90 Å². The van der Waals surface area contributed by atoms with Gasteiger partial charge in [-0.3, -0.25) is 4.79 Å². The third kappa shape index (κ3) is 3.59. The number of benzene rings is 2. The summed E-state index contributed by atoms with van der Waals surface area (Å²) in [5.74, 6) is -0.290. The number of aliphatic hydroxyl groups is 1. The van der Waals surface area contributed by atoms with E-state index in [1.807, 2.05) is 31.2 Å². The van der Waals surface area contributed by atoms with E-state index in [-0.39, 0.29) is 12.5 Å². The molecule has 0 aliphatic heterocycles. The Balaban J connectivity index is 1.97. The zero-order chi connectivity index (χ0) is 14.5. The van der Waals surface area contributed by atoms with Crippen LogP contribution in [0.25, 0.3) is 0 Å². The van der Waals surface area contributed by atoms with Gasteiger partial charge in [0.2, 0.25) is 0 Å². The summed E-state index contributed by atoms with van der Waals surface area (Å²) in [6, 6.07) is 14.4. The quantitative estimate of drug-likeness (QED) is 0.908. The molecule has 1 atom stereocenters. The van der Waals surface area contributed by atoms with Crippen LogP contribution < -0.4 is 5.32 Å². The van der Waals surface area contributed by atoms with Gasteiger partial charge in [-0.25, -0.2) is 0 Å². The zero-order valence-electron chi connectivity index (χ0n) is 11.1. The van der Waals surface area contributed by atoms with Crippen molar-refractivity contribution in [3.05, 3.63) is 70.2 Å². The Bertz CT molecular complexity index is 596. The number of halogens is 1. The van der Waals surface area contributed by atoms with Crippen molar-refractivity contribution in [1.29, 1.82) is 0 Å². The van der Waals surface area contributed by atoms with Gasteiger partial charge < -0.3 is 10.4 Å². The molecule has 0 bridgehead atoms. The van der Waals surface area contributed by atoms with E-state index in [1.54, 1.807) is 24.3 Å². The van der Waals surface area contributed by atoms with Crippen molar-refractivity contribution in [2.45, 2.75) is 13.0 Å². The molecule has 1 unspecified atom stereocenters. The van der Waals surface area contributed by atoms with E-state index in [1.165, 1.54) is 0 Å². The fourth-order valence-electron chi connectivity index (χ4n) is 1.84. The Kier molecular flexibility index (Phi) is 4.77. The molecule has 0 radical (unpaired) electrons. The molecule has 2 rings (SSSR count). The summed E-state index contributed by atoms with van der Waals surface area (Å²) in [5.41, 5.74) is 2.31. The standard InChI is InChI=1S/C16H16ClNO2/c1-11-6-8-12(9-7-11)15(19)10-18-16(20)13-4-2-3-5-14(13)17/h2-9,15,19H,10H2,1H3,(H,18,20). The van der Waals surface area contributed by atoms with Crippen molar-refractivity contribution in [3.63, 3.8) is 0 Å². The molecular weight excluding hydrogens is 274 g/mol. The lowest BCUT2D eigenvalue weighted by molar-refractivity contribution is 0.0916. The van der Waals surface area contributed by atoms with E-state index in [4.69, 9.17) is 11.6 Å². The van der Waals surface area contributed by atoms with Crippen LogP contribution in [0.4, 0.5) is 0 Å².